The van der Waals surface area contributed by atoms with Crippen LogP contribution >= 0.6 is 0 Å². The number of carboxylic acids is 1. The molecule has 0 radical (unpaired) electrons. The number of hydrogen-bond acceptors (Lipinski definition) is 6. The van der Waals surface area contributed by atoms with E-state index in [2.05, 4.69) is 0 Å². The lowest BCUT2D eigenvalue weighted by Crippen LogP contribution is -2.37. The second kappa shape index (κ2) is 7.93. The summed E-state index contributed by atoms with van der Waals surface area (Å²) in [5.41, 5.74) is -0.188. The van der Waals surface area contributed by atoms with E-state index in [0.29, 0.717) is 6.42 Å². The Labute approximate surface area is 144 Å². The predicted molar refractivity (Wildman–Crippen MR) is 86.8 cm³/mol. The summed E-state index contributed by atoms with van der Waals surface area (Å²) in [7, 11) is 1.50. The summed E-state index contributed by atoms with van der Waals surface area (Å²) in [4.78, 5) is 35.8. The normalized spacial score (nSPS) is 19.7. The molecule has 1 N–H and O–H groups in total. The van der Waals surface area contributed by atoms with Crippen LogP contribution in [-0.4, -0.2) is 59.2 Å². The standard InChI is InChI=1S/C16H20N2O7/c1-3-25-14-5-4-10(6-13(14)18(22)23)16(21)17-9-12(24-2)7-11(17)8-15(19)20/h4-6,11-12H,3,7-9H2,1-2H3,(H,19,20). The molecule has 2 atom stereocenters. The molecule has 1 aliphatic rings. The number of amides is 1. The quantitative estimate of drug-likeness (QED) is 0.586. The van der Waals surface area contributed by atoms with E-state index >= 15 is 0 Å². The van der Waals surface area contributed by atoms with E-state index in [0.717, 1.165) is 6.07 Å². The zero-order valence-corrected chi connectivity index (χ0v) is 14.0. The first kappa shape index (κ1) is 18.7. The molecule has 2 rings (SSSR count). The molecule has 9 nitrogen and oxygen atoms in total. The van der Waals surface area contributed by atoms with E-state index in [-0.39, 0.29) is 42.7 Å². The fraction of sp³-hybridized carbons (Fsp3) is 0.500. The summed E-state index contributed by atoms with van der Waals surface area (Å²) >= 11 is 0. The van der Waals surface area contributed by atoms with E-state index in [1.54, 1.807) is 6.92 Å². The van der Waals surface area contributed by atoms with Crippen molar-refractivity contribution < 1.29 is 29.1 Å². The number of methoxy groups -OCH3 is 1. The second-order valence-corrected chi connectivity index (χ2v) is 5.68. The second-order valence-electron chi connectivity index (χ2n) is 5.68. The van der Waals surface area contributed by atoms with E-state index in [9.17, 15) is 19.7 Å². The molecule has 9 heteroatoms. The summed E-state index contributed by atoms with van der Waals surface area (Å²) in [6.45, 7) is 2.21. The van der Waals surface area contributed by atoms with Crippen molar-refractivity contribution in [3.05, 3.63) is 33.9 Å². The Morgan fingerprint density at radius 3 is 2.72 bits per heavy atom. The number of carbonyl (C=O) groups is 2. The lowest BCUT2D eigenvalue weighted by molar-refractivity contribution is -0.385. The summed E-state index contributed by atoms with van der Waals surface area (Å²) in [5.74, 6) is -1.39. The Balaban J connectivity index is 2.30. The number of likely N-dealkylation sites (tertiary alicyclic amines) is 1. The van der Waals surface area contributed by atoms with Gasteiger partial charge in [-0.15, -0.1) is 0 Å². The van der Waals surface area contributed by atoms with Crippen LogP contribution in [0.25, 0.3) is 0 Å². The zero-order chi connectivity index (χ0) is 18.6. The van der Waals surface area contributed by atoms with Crippen molar-refractivity contribution in [2.45, 2.75) is 31.9 Å². The molecule has 1 saturated heterocycles. The summed E-state index contributed by atoms with van der Waals surface area (Å²) in [6, 6.07) is 3.47. The number of nitro groups is 1. The lowest BCUT2D eigenvalue weighted by Gasteiger charge is -2.23. The van der Waals surface area contributed by atoms with Gasteiger partial charge in [0.15, 0.2) is 5.75 Å². The third kappa shape index (κ3) is 4.24. The maximum absolute atomic E-state index is 12.8. The monoisotopic (exact) mass is 352 g/mol. The van der Waals surface area contributed by atoms with Crippen molar-refractivity contribution in [2.75, 3.05) is 20.3 Å². The molecule has 0 spiro atoms. The number of hydrogen-bond donors (Lipinski definition) is 1. The predicted octanol–water partition coefficient (Wildman–Crippen LogP) is 1.70. The van der Waals surface area contributed by atoms with Gasteiger partial charge in [-0.1, -0.05) is 0 Å². The highest BCUT2D eigenvalue weighted by Crippen LogP contribution is 2.30. The number of ether oxygens (including phenoxy) is 2. The van der Waals surface area contributed by atoms with Gasteiger partial charge in [-0.3, -0.25) is 19.7 Å². The van der Waals surface area contributed by atoms with Crippen LogP contribution in [0.15, 0.2) is 18.2 Å². The Morgan fingerprint density at radius 2 is 2.16 bits per heavy atom. The zero-order valence-electron chi connectivity index (χ0n) is 14.0. The first-order chi connectivity index (χ1) is 11.9. The molecule has 1 aromatic rings. The van der Waals surface area contributed by atoms with Crippen LogP contribution in [-0.2, 0) is 9.53 Å². The van der Waals surface area contributed by atoms with E-state index in [1.165, 1.54) is 24.1 Å². The topological polar surface area (TPSA) is 119 Å². The van der Waals surface area contributed by atoms with Crippen molar-refractivity contribution in [3.8, 4) is 5.75 Å². The number of carboxylic acid groups (broad SMARTS) is 1. The fourth-order valence-electron chi connectivity index (χ4n) is 2.92. The minimum Gasteiger partial charge on any atom is -0.487 e. The van der Waals surface area contributed by atoms with Gasteiger partial charge in [0.1, 0.15) is 0 Å². The van der Waals surface area contributed by atoms with Crippen molar-refractivity contribution in [1.82, 2.24) is 4.90 Å². The number of nitro benzene ring substituents is 1. The maximum Gasteiger partial charge on any atom is 0.311 e. The highest BCUT2D eigenvalue weighted by molar-refractivity contribution is 5.96. The molecular weight excluding hydrogens is 332 g/mol. The number of benzene rings is 1. The largest absolute Gasteiger partial charge is 0.487 e. The number of nitrogens with zero attached hydrogens (tertiary/aromatic N) is 2. The molecule has 1 aromatic carbocycles. The minimum atomic E-state index is -1.02. The molecule has 25 heavy (non-hydrogen) atoms. The third-order valence-electron chi connectivity index (χ3n) is 4.08. The van der Waals surface area contributed by atoms with Crippen LogP contribution in [0.4, 0.5) is 5.69 Å². The van der Waals surface area contributed by atoms with E-state index in [4.69, 9.17) is 14.6 Å². The molecule has 136 valence electrons. The molecule has 0 saturated carbocycles. The Morgan fingerprint density at radius 1 is 1.44 bits per heavy atom. The number of rotatable bonds is 7. The number of aliphatic carboxylic acids is 1. The number of carbonyl (C=O) groups excluding carboxylic acids is 1. The van der Waals surface area contributed by atoms with E-state index < -0.39 is 22.8 Å². The SMILES string of the molecule is CCOc1ccc(C(=O)N2CC(OC)CC2CC(=O)O)cc1[N+](=O)[O-]. The van der Waals surface area contributed by atoms with Gasteiger partial charge in [0.25, 0.3) is 5.91 Å². The van der Waals surface area contributed by atoms with Crippen molar-refractivity contribution in [3.63, 3.8) is 0 Å². The average Bonchev–Trinajstić information content (AvgIpc) is 2.96. The van der Waals surface area contributed by atoms with Gasteiger partial charge in [-0.25, -0.2) is 0 Å². The molecule has 2 unspecified atom stereocenters. The van der Waals surface area contributed by atoms with Crippen molar-refractivity contribution in [2.24, 2.45) is 0 Å². The van der Waals surface area contributed by atoms with E-state index in [1.807, 2.05) is 0 Å². The third-order valence-corrected chi connectivity index (χ3v) is 4.08. The molecular formula is C16H20N2O7. The fourth-order valence-corrected chi connectivity index (χ4v) is 2.92. The summed E-state index contributed by atoms with van der Waals surface area (Å²) < 4.78 is 10.4. The molecule has 1 aliphatic heterocycles. The highest BCUT2D eigenvalue weighted by Gasteiger charge is 2.37. The molecule has 1 heterocycles. The van der Waals surface area contributed by atoms with Crippen LogP contribution in [0.3, 0.4) is 0 Å². The Bertz CT molecular complexity index is 676. The highest BCUT2D eigenvalue weighted by atomic mass is 16.6. The van der Waals surface area contributed by atoms with Crippen molar-refractivity contribution >= 4 is 17.6 Å². The molecule has 1 amide bonds. The van der Waals surface area contributed by atoms with Crippen LogP contribution in [0.5, 0.6) is 5.75 Å². The Hall–Kier alpha value is -2.68. The minimum absolute atomic E-state index is 0.0855. The smallest absolute Gasteiger partial charge is 0.311 e. The van der Waals surface area contributed by atoms with Crippen LogP contribution < -0.4 is 4.74 Å². The van der Waals surface area contributed by atoms with Gasteiger partial charge in [0, 0.05) is 31.3 Å². The molecule has 0 bridgehead atoms. The molecule has 0 aromatic heterocycles. The average molecular weight is 352 g/mol. The van der Waals surface area contributed by atoms with Crippen LogP contribution in [0, 0.1) is 10.1 Å². The van der Waals surface area contributed by atoms with Crippen LogP contribution in [0.2, 0.25) is 0 Å². The first-order valence-corrected chi connectivity index (χ1v) is 7.84. The van der Waals surface area contributed by atoms with Gasteiger partial charge in [0.05, 0.1) is 24.1 Å². The van der Waals surface area contributed by atoms with Gasteiger partial charge in [-0.05, 0) is 25.5 Å². The first-order valence-electron chi connectivity index (χ1n) is 7.84. The van der Waals surface area contributed by atoms with Gasteiger partial charge in [0.2, 0.25) is 0 Å². The summed E-state index contributed by atoms with van der Waals surface area (Å²) in [6.07, 6.45) is -0.0516. The molecule has 1 fully saturated rings. The molecule has 0 aliphatic carbocycles. The van der Waals surface area contributed by atoms with Gasteiger partial charge >= 0.3 is 11.7 Å². The summed E-state index contributed by atoms with van der Waals surface area (Å²) in [5, 5.41) is 20.2. The van der Waals surface area contributed by atoms with Crippen LogP contribution in [0.1, 0.15) is 30.1 Å². The Kier molecular flexibility index (Phi) is 5.92. The van der Waals surface area contributed by atoms with Gasteiger partial charge in [-0.2, -0.15) is 0 Å². The van der Waals surface area contributed by atoms with Crippen molar-refractivity contribution in [1.29, 1.82) is 0 Å². The maximum atomic E-state index is 12.8. The van der Waals surface area contributed by atoms with Gasteiger partial charge < -0.3 is 19.5 Å². The lowest BCUT2D eigenvalue weighted by atomic mass is 10.1.